The summed E-state index contributed by atoms with van der Waals surface area (Å²) in [4.78, 5) is 34.7. The second-order valence-electron chi connectivity index (χ2n) is 4.40. The monoisotopic (exact) mass is 243 g/mol. The number of carboxylic acids is 1. The van der Waals surface area contributed by atoms with Crippen molar-refractivity contribution in [2.75, 3.05) is 13.1 Å². The number of amides is 3. The number of nitrogens with two attached hydrogens (primary N) is 1. The molecule has 0 bridgehead atoms. The Morgan fingerprint density at radius 2 is 2.00 bits per heavy atom. The van der Waals surface area contributed by atoms with E-state index in [2.05, 4.69) is 5.32 Å². The number of carboxylic acid groups (broad SMARTS) is 1. The molecule has 17 heavy (non-hydrogen) atoms. The van der Waals surface area contributed by atoms with E-state index >= 15 is 0 Å². The topological polar surface area (TPSA) is 113 Å². The van der Waals surface area contributed by atoms with Gasteiger partial charge < -0.3 is 21.1 Å². The van der Waals surface area contributed by atoms with Gasteiger partial charge >= 0.3 is 12.0 Å². The number of carbonyl (C=O) groups is 3. The normalized spacial score (nSPS) is 25.4. The van der Waals surface area contributed by atoms with Crippen LogP contribution in [0, 0.1) is 11.8 Å². The first-order valence-electron chi connectivity index (χ1n) is 5.40. The van der Waals surface area contributed by atoms with Gasteiger partial charge in [-0.1, -0.05) is 6.92 Å². The molecule has 1 saturated heterocycles. The molecule has 1 aliphatic rings. The third-order valence-corrected chi connectivity index (χ3v) is 2.98. The Balaban J connectivity index is 2.56. The summed E-state index contributed by atoms with van der Waals surface area (Å²) in [5.41, 5.74) is 5.02. The lowest BCUT2D eigenvalue weighted by Gasteiger charge is -2.19. The van der Waals surface area contributed by atoms with Gasteiger partial charge in [-0.15, -0.1) is 0 Å². The van der Waals surface area contributed by atoms with E-state index in [1.807, 2.05) is 0 Å². The molecule has 7 nitrogen and oxygen atoms in total. The summed E-state index contributed by atoms with van der Waals surface area (Å²) in [5, 5.41) is 11.3. The Labute approximate surface area is 98.9 Å². The van der Waals surface area contributed by atoms with E-state index in [0.29, 0.717) is 6.54 Å². The zero-order valence-corrected chi connectivity index (χ0v) is 9.84. The van der Waals surface area contributed by atoms with Crippen LogP contribution < -0.4 is 11.1 Å². The molecule has 1 rings (SSSR count). The standard InChI is InChI=1S/C10H17N3O4/c1-5-3-13(4-7(5)9(15)16)10(17)12-6(2)8(11)14/h5-7H,3-4H2,1-2H3,(H2,11,14)(H,12,17)(H,15,16)/t5-,6?,7-/m1/s1. The molecular formula is C10H17N3O4. The van der Waals surface area contributed by atoms with Gasteiger partial charge in [0, 0.05) is 13.1 Å². The number of nitrogens with zero attached hydrogens (tertiary/aromatic N) is 1. The van der Waals surface area contributed by atoms with Crippen LogP contribution in [0.1, 0.15) is 13.8 Å². The van der Waals surface area contributed by atoms with Crippen LogP contribution in [0.25, 0.3) is 0 Å². The van der Waals surface area contributed by atoms with E-state index in [9.17, 15) is 14.4 Å². The van der Waals surface area contributed by atoms with Crippen molar-refractivity contribution in [1.82, 2.24) is 10.2 Å². The average Bonchev–Trinajstić information content (AvgIpc) is 2.60. The minimum atomic E-state index is -0.907. The van der Waals surface area contributed by atoms with Crippen molar-refractivity contribution in [2.45, 2.75) is 19.9 Å². The van der Waals surface area contributed by atoms with Crippen LogP contribution in [0.3, 0.4) is 0 Å². The first-order valence-corrected chi connectivity index (χ1v) is 5.40. The van der Waals surface area contributed by atoms with Crippen molar-refractivity contribution in [1.29, 1.82) is 0 Å². The molecule has 7 heteroatoms. The van der Waals surface area contributed by atoms with Crippen molar-refractivity contribution in [2.24, 2.45) is 17.6 Å². The van der Waals surface area contributed by atoms with Crippen LogP contribution >= 0.6 is 0 Å². The number of aliphatic carboxylic acids is 1. The largest absolute Gasteiger partial charge is 0.481 e. The highest BCUT2D eigenvalue weighted by atomic mass is 16.4. The maximum Gasteiger partial charge on any atom is 0.318 e. The highest BCUT2D eigenvalue weighted by Crippen LogP contribution is 2.22. The molecule has 0 spiro atoms. The first kappa shape index (κ1) is 13.3. The lowest BCUT2D eigenvalue weighted by Crippen LogP contribution is -2.48. The Bertz CT molecular complexity index is 344. The number of hydrogen-bond acceptors (Lipinski definition) is 3. The van der Waals surface area contributed by atoms with E-state index in [1.165, 1.54) is 11.8 Å². The van der Waals surface area contributed by atoms with E-state index in [4.69, 9.17) is 10.8 Å². The van der Waals surface area contributed by atoms with Crippen LogP contribution in [-0.4, -0.2) is 47.0 Å². The summed E-state index contributed by atoms with van der Waals surface area (Å²) >= 11 is 0. The van der Waals surface area contributed by atoms with Crippen molar-refractivity contribution < 1.29 is 19.5 Å². The Morgan fingerprint density at radius 1 is 1.41 bits per heavy atom. The van der Waals surface area contributed by atoms with Gasteiger partial charge in [0.2, 0.25) is 5.91 Å². The highest BCUT2D eigenvalue weighted by Gasteiger charge is 2.37. The van der Waals surface area contributed by atoms with Gasteiger partial charge in [0.1, 0.15) is 6.04 Å². The summed E-state index contributed by atoms with van der Waals surface area (Å²) in [6.07, 6.45) is 0. The summed E-state index contributed by atoms with van der Waals surface area (Å²) in [5.74, 6) is -2.18. The Morgan fingerprint density at radius 3 is 2.41 bits per heavy atom. The molecule has 0 aromatic heterocycles. The van der Waals surface area contributed by atoms with Crippen LogP contribution in [0.4, 0.5) is 4.79 Å². The maximum absolute atomic E-state index is 11.7. The van der Waals surface area contributed by atoms with Gasteiger partial charge in [0.25, 0.3) is 0 Å². The lowest BCUT2D eigenvalue weighted by atomic mass is 9.99. The average molecular weight is 243 g/mol. The van der Waals surface area contributed by atoms with E-state index < -0.39 is 29.9 Å². The van der Waals surface area contributed by atoms with E-state index in [1.54, 1.807) is 6.92 Å². The predicted octanol–water partition coefficient (Wildman–Crippen LogP) is -0.778. The van der Waals surface area contributed by atoms with Crippen molar-refractivity contribution in [3.63, 3.8) is 0 Å². The zero-order valence-electron chi connectivity index (χ0n) is 9.84. The lowest BCUT2D eigenvalue weighted by molar-refractivity contribution is -0.142. The number of urea groups is 1. The molecule has 3 atom stereocenters. The number of primary amides is 1. The fraction of sp³-hybridized carbons (Fsp3) is 0.700. The third kappa shape index (κ3) is 3.08. The number of carbonyl (C=O) groups excluding carboxylic acids is 2. The van der Waals surface area contributed by atoms with E-state index in [0.717, 1.165) is 0 Å². The molecule has 0 aromatic rings. The number of nitrogens with one attached hydrogen (secondary N) is 1. The molecule has 0 saturated carbocycles. The number of rotatable bonds is 3. The van der Waals surface area contributed by atoms with Crippen molar-refractivity contribution in [3.8, 4) is 0 Å². The Hall–Kier alpha value is -1.79. The molecule has 96 valence electrons. The van der Waals surface area contributed by atoms with Gasteiger partial charge in [0.05, 0.1) is 5.92 Å². The van der Waals surface area contributed by atoms with E-state index in [-0.39, 0.29) is 12.5 Å². The number of hydrogen-bond donors (Lipinski definition) is 3. The van der Waals surface area contributed by atoms with Crippen molar-refractivity contribution >= 4 is 17.9 Å². The van der Waals surface area contributed by atoms with Gasteiger partial charge in [-0.05, 0) is 12.8 Å². The molecule has 1 heterocycles. The SMILES string of the molecule is CC(NC(=O)N1C[C@@H](C)[C@H](C(=O)O)C1)C(N)=O. The molecular weight excluding hydrogens is 226 g/mol. The fourth-order valence-electron chi connectivity index (χ4n) is 1.80. The summed E-state index contributed by atoms with van der Waals surface area (Å²) < 4.78 is 0. The minimum absolute atomic E-state index is 0.0952. The van der Waals surface area contributed by atoms with Crippen LogP contribution in [0.15, 0.2) is 0 Å². The van der Waals surface area contributed by atoms with Gasteiger partial charge in [-0.3, -0.25) is 9.59 Å². The summed E-state index contributed by atoms with van der Waals surface area (Å²) in [7, 11) is 0. The zero-order chi connectivity index (χ0) is 13.2. The van der Waals surface area contributed by atoms with Crippen molar-refractivity contribution in [3.05, 3.63) is 0 Å². The minimum Gasteiger partial charge on any atom is -0.481 e. The molecule has 0 aliphatic carbocycles. The third-order valence-electron chi connectivity index (χ3n) is 2.98. The summed E-state index contributed by atoms with van der Waals surface area (Å²) in [6, 6.07) is -1.21. The van der Waals surface area contributed by atoms with Gasteiger partial charge in [0.15, 0.2) is 0 Å². The first-order chi connectivity index (χ1) is 7.82. The highest BCUT2D eigenvalue weighted by molar-refractivity contribution is 5.86. The predicted molar refractivity (Wildman–Crippen MR) is 59.1 cm³/mol. The molecule has 3 amide bonds. The van der Waals surface area contributed by atoms with Crippen LogP contribution in [-0.2, 0) is 9.59 Å². The van der Waals surface area contributed by atoms with Crippen LogP contribution in [0.5, 0.6) is 0 Å². The molecule has 0 aromatic carbocycles. The molecule has 1 fully saturated rings. The molecule has 1 aliphatic heterocycles. The molecule has 0 radical (unpaired) electrons. The molecule has 1 unspecified atom stereocenters. The molecule has 4 N–H and O–H groups in total. The van der Waals surface area contributed by atoms with Gasteiger partial charge in [-0.2, -0.15) is 0 Å². The second-order valence-corrected chi connectivity index (χ2v) is 4.40. The smallest absolute Gasteiger partial charge is 0.318 e. The Kier molecular flexibility index (Phi) is 3.93. The fourth-order valence-corrected chi connectivity index (χ4v) is 1.80. The number of likely N-dealkylation sites (tertiary alicyclic amines) is 1. The quantitative estimate of drug-likeness (QED) is 0.603. The van der Waals surface area contributed by atoms with Gasteiger partial charge in [-0.25, -0.2) is 4.79 Å². The van der Waals surface area contributed by atoms with Crippen LogP contribution in [0.2, 0.25) is 0 Å². The summed E-state index contributed by atoms with van der Waals surface area (Å²) in [6.45, 7) is 3.79. The second kappa shape index (κ2) is 5.03. The maximum atomic E-state index is 11.7.